The smallest absolute Gasteiger partial charge is 0.254 e. The van der Waals surface area contributed by atoms with E-state index in [1.807, 2.05) is 24.3 Å². The number of hydrogen-bond acceptors (Lipinski definition) is 3. The van der Waals surface area contributed by atoms with Crippen LogP contribution in [0, 0.1) is 0 Å². The molecule has 1 atom stereocenters. The average Bonchev–Trinajstić information content (AvgIpc) is 2.64. The molecular formula is C21H24N2O2. The van der Waals surface area contributed by atoms with Crippen molar-refractivity contribution in [2.75, 3.05) is 26.2 Å². The molecule has 0 saturated heterocycles. The first kappa shape index (κ1) is 16.3. The molecule has 1 N–H and O–H groups in total. The number of hydrogen-bond donors (Lipinski definition) is 1. The lowest BCUT2D eigenvalue weighted by molar-refractivity contribution is 0.0493. The van der Waals surface area contributed by atoms with Crippen LogP contribution in [0.5, 0.6) is 0 Å². The summed E-state index contributed by atoms with van der Waals surface area (Å²) >= 11 is 0. The van der Waals surface area contributed by atoms with Gasteiger partial charge in [0.05, 0.1) is 6.10 Å². The normalized spacial score (nSPS) is 18.6. The van der Waals surface area contributed by atoms with Gasteiger partial charge in [0.15, 0.2) is 0 Å². The average molecular weight is 336 g/mol. The van der Waals surface area contributed by atoms with Crippen LogP contribution in [0.25, 0.3) is 0 Å². The van der Waals surface area contributed by atoms with Crippen molar-refractivity contribution in [1.29, 1.82) is 0 Å². The molecule has 4 heteroatoms. The fraction of sp³-hybridized carbons (Fsp3) is 0.381. The van der Waals surface area contributed by atoms with E-state index < -0.39 is 6.10 Å². The van der Waals surface area contributed by atoms with Crippen LogP contribution in [-0.2, 0) is 19.4 Å². The summed E-state index contributed by atoms with van der Waals surface area (Å²) in [5.41, 5.74) is 4.67. The molecule has 0 fully saturated rings. The summed E-state index contributed by atoms with van der Waals surface area (Å²) in [6.45, 7) is 3.55. The molecule has 0 unspecified atom stereocenters. The number of fused-ring (bicyclic) bond motifs is 2. The van der Waals surface area contributed by atoms with E-state index in [0.29, 0.717) is 19.6 Å². The van der Waals surface area contributed by atoms with Crippen molar-refractivity contribution in [3.05, 3.63) is 70.8 Å². The van der Waals surface area contributed by atoms with Gasteiger partial charge < -0.3 is 10.0 Å². The van der Waals surface area contributed by atoms with E-state index in [-0.39, 0.29) is 5.91 Å². The van der Waals surface area contributed by atoms with Crippen molar-refractivity contribution in [2.24, 2.45) is 0 Å². The lowest BCUT2D eigenvalue weighted by Crippen LogP contribution is -2.46. The Kier molecular flexibility index (Phi) is 4.55. The molecular weight excluding hydrogens is 312 g/mol. The Bertz CT molecular complexity index is 774. The molecule has 2 heterocycles. The van der Waals surface area contributed by atoms with Crippen LogP contribution in [0.3, 0.4) is 0 Å². The molecule has 0 saturated carbocycles. The van der Waals surface area contributed by atoms with Crippen molar-refractivity contribution in [3.8, 4) is 0 Å². The van der Waals surface area contributed by atoms with Gasteiger partial charge in [0, 0.05) is 38.3 Å². The minimum Gasteiger partial charge on any atom is -0.390 e. The maximum Gasteiger partial charge on any atom is 0.254 e. The van der Waals surface area contributed by atoms with Crippen LogP contribution < -0.4 is 0 Å². The minimum absolute atomic E-state index is 0.0462. The van der Waals surface area contributed by atoms with Crippen molar-refractivity contribution < 1.29 is 9.90 Å². The number of benzene rings is 2. The van der Waals surface area contributed by atoms with E-state index in [4.69, 9.17) is 0 Å². The van der Waals surface area contributed by atoms with Crippen molar-refractivity contribution in [2.45, 2.75) is 25.5 Å². The second-order valence-electron chi connectivity index (χ2n) is 7.07. The van der Waals surface area contributed by atoms with Crippen molar-refractivity contribution >= 4 is 5.91 Å². The summed E-state index contributed by atoms with van der Waals surface area (Å²) in [6.07, 6.45) is 1.38. The van der Waals surface area contributed by atoms with Crippen LogP contribution in [0.1, 0.15) is 27.0 Å². The number of carbonyl (C=O) groups excluding carboxylic acids is 1. The molecule has 2 aromatic rings. The predicted molar refractivity (Wildman–Crippen MR) is 97.5 cm³/mol. The van der Waals surface area contributed by atoms with E-state index in [2.05, 4.69) is 29.2 Å². The lowest BCUT2D eigenvalue weighted by Gasteiger charge is -2.34. The number of rotatable bonds is 4. The van der Waals surface area contributed by atoms with Crippen LogP contribution in [0.2, 0.25) is 0 Å². The van der Waals surface area contributed by atoms with Gasteiger partial charge in [-0.2, -0.15) is 0 Å². The fourth-order valence-electron chi connectivity index (χ4n) is 3.97. The van der Waals surface area contributed by atoms with E-state index in [1.54, 1.807) is 4.90 Å². The number of carbonyl (C=O) groups is 1. The monoisotopic (exact) mass is 336 g/mol. The number of nitrogens with zero attached hydrogens (tertiary/aromatic N) is 2. The molecule has 2 aliphatic heterocycles. The fourth-order valence-corrected chi connectivity index (χ4v) is 3.97. The Labute approximate surface area is 148 Å². The first-order valence-corrected chi connectivity index (χ1v) is 9.05. The molecule has 0 spiro atoms. The minimum atomic E-state index is -0.514. The topological polar surface area (TPSA) is 43.8 Å². The summed E-state index contributed by atoms with van der Waals surface area (Å²) in [6, 6.07) is 16.3. The summed E-state index contributed by atoms with van der Waals surface area (Å²) in [5, 5.41) is 10.5. The zero-order chi connectivity index (χ0) is 17.2. The highest BCUT2D eigenvalue weighted by Crippen LogP contribution is 2.20. The second-order valence-corrected chi connectivity index (χ2v) is 7.07. The number of amides is 1. The lowest BCUT2D eigenvalue weighted by atomic mass is 9.98. The highest BCUT2D eigenvalue weighted by molar-refractivity contribution is 5.96. The number of β-amino-alcohol motifs (C(OH)–C–C–N with tert-alkyl or cyclic N) is 1. The molecule has 0 radical (unpaired) electrons. The first-order valence-electron chi connectivity index (χ1n) is 9.05. The standard InChI is InChI=1S/C21H24N2O2/c24-19(14-22-11-9-16-5-1-2-7-18(16)13-22)15-23-12-10-17-6-3-4-8-20(17)21(23)25/h1-8,19,24H,9-15H2/t19-/m1/s1. The maximum atomic E-state index is 12.6. The summed E-state index contributed by atoms with van der Waals surface area (Å²) in [5.74, 6) is 0.0462. The molecule has 1 amide bonds. The SMILES string of the molecule is O=C1c2ccccc2CCN1C[C@H](O)CN1CCc2ccccc2C1. The zero-order valence-corrected chi connectivity index (χ0v) is 14.4. The van der Waals surface area contributed by atoms with E-state index in [9.17, 15) is 9.90 Å². The first-order chi connectivity index (χ1) is 12.2. The van der Waals surface area contributed by atoms with Crippen molar-refractivity contribution in [1.82, 2.24) is 9.80 Å². The van der Waals surface area contributed by atoms with Gasteiger partial charge in [-0.25, -0.2) is 0 Å². The third-order valence-corrected chi connectivity index (χ3v) is 5.30. The highest BCUT2D eigenvalue weighted by atomic mass is 16.3. The molecule has 2 aliphatic rings. The molecule has 130 valence electrons. The van der Waals surface area contributed by atoms with Gasteiger partial charge in [0.25, 0.3) is 5.91 Å². The van der Waals surface area contributed by atoms with E-state index >= 15 is 0 Å². The van der Waals surface area contributed by atoms with Gasteiger partial charge in [-0.3, -0.25) is 9.69 Å². The zero-order valence-electron chi connectivity index (χ0n) is 14.4. The number of aliphatic hydroxyl groups is 1. The number of aliphatic hydroxyl groups excluding tert-OH is 1. The quantitative estimate of drug-likeness (QED) is 0.930. The van der Waals surface area contributed by atoms with Crippen LogP contribution in [0.15, 0.2) is 48.5 Å². The second kappa shape index (κ2) is 6.98. The molecule has 25 heavy (non-hydrogen) atoms. The van der Waals surface area contributed by atoms with Gasteiger partial charge in [-0.15, -0.1) is 0 Å². The third-order valence-electron chi connectivity index (χ3n) is 5.30. The van der Waals surface area contributed by atoms with Gasteiger partial charge in [0.2, 0.25) is 0 Å². The Morgan fingerprint density at radius 1 is 0.880 bits per heavy atom. The maximum absolute atomic E-state index is 12.6. The predicted octanol–water partition coefficient (Wildman–Crippen LogP) is 2.10. The van der Waals surface area contributed by atoms with E-state index in [0.717, 1.165) is 37.1 Å². The van der Waals surface area contributed by atoms with Gasteiger partial charge in [-0.1, -0.05) is 42.5 Å². The van der Waals surface area contributed by atoms with Gasteiger partial charge >= 0.3 is 0 Å². The van der Waals surface area contributed by atoms with E-state index in [1.165, 1.54) is 11.1 Å². The van der Waals surface area contributed by atoms with Gasteiger partial charge in [0.1, 0.15) is 0 Å². The Hall–Kier alpha value is -2.17. The highest BCUT2D eigenvalue weighted by Gasteiger charge is 2.26. The van der Waals surface area contributed by atoms with Crippen LogP contribution >= 0.6 is 0 Å². The molecule has 0 bridgehead atoms. The van der Waals surface area contributed by atoms with Crippen molar-refractivity contribution in [3.63, 3.8) is 0 Å². The van der Waals surface area contributed by atoms with Gasteiger partial charge in [-0.05, 0) is 35.6 Å². The van der Waals surface area contributed by atoms with Crippen LogP contribution in [-0.4, -0.2) is 53.1 Å². The molecule has 0 aromatic heterocycles. The summed E-state index contributed by atoms with van der Waals surface area (Å²) in [7, 11) is 0. The molecule has 4 rings (SSSR count). The Morgan fingerprint density at radius 3 is 2.40 bits per heavy atom. The third kappa shape index (κ3) is 3.46. The van der Waals surface area contributed by atoms with Crippen LogP contribution in [0.4, 0.5) is 0 Å². The molecule has 0 aliphatic carbocycles. The Balaban J connectivity index is 1.36. The molecule has 4 nitrogen and oxygen atoms in total. The largest absolute Gasteiger partial charge is 0.390 e. The summed E-state index contributed by atoms with van der Waals surface area (Å²) < 4.78 is 0. The molecule has 2 aromatic carbocycles. The summed E-state index contributed by atoms with van der Waals surface area (Å²) in [4.78, 5) is 16.7. The Morgan fingerprint density at radius 2 is 1.56 bits per heavy atom.